The molecular formula is C17H14O3. The van der Waals surface area contributed by atoms with Crippen LogP contribution in [0, 0.1) is 0 Å². The van der Waals surface area contributed by atoms with Crippen molar-refractivity contribution >= 4 is 11.5 Å². The summed E-state index contributed by atoms with van der Waals surface area (Å²) in [5.74, 6) is -0.929. The minimum absolute atomic E-state index is 0.280. The van der Waals surface area contributed by atoms with Crippen LogP contribution in [0.4, 0.5) is 0 Å². The van der Waals surface area contributed by atoms with Gasteiger partial charge in [0.25, 0.3) is 0 Å². The Kier molecular flexibility index (Phi) is 3.25. The van der Waals surface area contributed by atoms with Gasteiger partial charge in [-0.15, -0.1) is 0 Å². The molecule has 1 N–H and O–H groups in total. The molecule has 1 aliphatic heterocycles. The zero-order valence-electron chi connectivity index (χ0n) is 10.8. The van der Waals surface area contributed by atoms with Gasteiger partial charge in [0.05, 0.1) is 0 Å². The van der Waals surface area contributed by atoms with E-state index in [1.165, 1.54) is 0 Å². The lowest BCUT2D eigenvalue weighted by atomic mass is 9.96. The molecule has 100 valence electrons. The molecule has 0 aliphatic carbocycles. The lowest BCUT2D eigenvalue weighted by Crippen LogP contribution is -2.14. The summed E-state index contributed by atoms with van der Waals surface area (Å²) in [6, 6.07) is 19.2. The lowest BCUT2D eigenvalue weighted by molar-refractivity contribution is -0.141. The Bertz CT molecular complexity index is 644. The van der Waals surface area contributed by atoms with Crippen molar-refractivity contribution in [2.75, 3.05) is 0 Å². The third-order valence-electron chi connectivity index (χ3n) is 3.37. The molecule has 20 heavy (non-hydrogen) atoms. The monoisotopic (exact) mass is 266 g/mol. The standard InChI is InChI=1S/C17H14O3/c18-16-15(13-9-5-2-6-10-13)14(20-17(16)19)11-12-7-3-1-4-8-12/h1-10,14,18H,11H2. The van der Waals surface area contributed by atoms with Crippen molar-refractivity contribution in [1.82, 2.24) is 0 Å². The summed E-state index contributed by atoms with van der Waals surface area (Å²) >= 11 is 0. The average Bonchev–Trinajstić information content (AvgIpc) is 2.76. The molecule has 2 aromatic carbocycles. The van der Waals surface area contributed by atoms with E-state index in [2.05, 4.69) is 0 Å². The number of hydrogen-bond acceptors (Lipinski definition) is 3. The van der Waals surface area contributed by atoms with Crippen molar-refractivity contribution in [1.29, 1.82) is 0 Å². The van der Waals surface area contributed by atoms with Crippen LogP contribution in [0.1, 0.15) is 11.1 Å². The topological polar surface area (TPSA) is 46.5 Å². The van der Waals surface area contributed by atoms with Crippen molar-refractivity contribution in [2.45, 2.75) is 12.5 Å². The van der Waals surface area contributed by atoms with Gasteiger partial charge in [0.1, 0.15) is 6.10 Å². The predicted octanol–water partition coefficient (Wildman–Crippen LogP) is 3.12. The van der Waals surface area contributed by atoms with Crippen LogP contribution < -0.4 is 0 Å². The predicted molar refractivity (Wildman–Crippen MR) is 76.0 cm³/mol. The van der Waals surface area contributed by atoms with Crippen molar-refractivity contribution in [2.24, 2.45) is 0 Å². The van der Waals surface area contributed by atoms with Gasteiger partial charge < -0.3 is 9.84 Å². The first-order valence-electron chi connectivity index (χ1n) is 6.49. The summed E-state index contributed by atoms with van der Waals surface area (Å²) in [6.07, 6.45) is 0.119. The highest BCUT2D eigenvalue weighted by Gasteiger charge is 2.34. The summed E-state index contributed by atoms with van der Waals surface area (Å²) in [6.45, 7) is 0. The van der Waals surface area contributed by atoms with E-state index in [9.17, 15) is 9.90 Å². The van der Waals surface area contributed by atoms with Gasteiger partial charge in [0, 0.05) is 12.0 Å². The molecule has 1 atom stereocenters. The molecule has 0 saturated heterocycles. The summed E-state index contributed by atoms with van der Waals surface area (Å²) in [7, 11) is 0. The molecule has 0 bridgehead atoms. The molecule has 3 heteroatoms. The number of carbonyl (C=O) groups excluding carboxylic acids is 1. The van der Waals surface area contributed by atoms with Crippen LogP contribution in [0.25, 0.3) is 5.57 Å². The second kappa shape index (κ2) is 5.21. The van der Waals surface area contributed by atoms with Crippen molar-refractivity contribution in [3.63, 3.8) is 0 Å². The van der Waals surface area contributed by atoms with E-state index < -0.39 is 12.1 Å². The number of ether oxygens (including phenoxy) is 1. The first-order valence-corrected chi connectivity index (χ1v) is 6.49. The molecule has 3 rings (SSSR count). The second-order valence-corrected chi connectivity index (χ2v) is 4.71. The maximum atomic E-state index is 11.6. The Balaban J connectivity index is 1.94. The molecule has 0 radical (unpaired) electrons. The van der Waals surface area contributed by atoms with E-state index in [0.29, 0.717) is 12.0 Å². The quantitative estimate of drug-likeness (QED) is 0.868. The van der Waals surface area contributed by atoms with Crippen molar-refractivity contribution < 1.29 is 14.6 Å². The molecule has 0 fully saturated rings. The molecule has 1 aliphatic rings. The fourth-order valence-electron chi connectivity index (χ4n) is 2.42. The summed E-state index contributed by atoms with van der Waals surface area (Å²) < 4.78 is 5.28. The average molecular weight is 266 g/mol. The first-order chi connectivity index (χ1) is 9.75. The van der Waals surface area contributed by atoms with Crippen molar-refractivity contribution in [3.05, 3.63) is 77.5 Å². The number of benzene rings is 2. The molecular weight excluding hydrogens is 252 g/mol. The Morgan fingerprint density at radius 2 is 1.55 bits per heavy atom. The van der Waals surface area contributed by atoms with Gasteiger partial charge in [-0.25, -0.2) is 4.79 Å². The van der Waals surface area contributed by atoms with E-state index in [1.54, 1.807) is 0 Å². The number of rotatable bonds is 3. The normalized spacial score (nSPS) is 18.2. The Labute approximate surface area is 117 Å². The molecule has 0 saturated carbocycles. The molecule has 0 amide bonds. The Hall–Kier alpha value is -2.55. The van der Waals surface area contributed by atoms with Crippen LogP contribution in [0.5, 0.6) is 0 Å². The van der Waals surface area contributed by atoms with Gasteiger partial charge in [0.15, 0.2) is 0 Å². The fourth-order valence-corrected chi connectivity index (χ4v) is 2.42. The van der Waals surface area contributed by atoms with Crippen LogP contribution in [0.2, 0.25) is 0 Å². The maximum absolute atomic E-state index is 11.6. The van der Waals surface area contributed by atoms with Gasteiger partial charge in [0.2, 0.25) is 5.76 Å². The van der Waals surface area contributed by atoms with Crippen LogP contribution in [-0.4, -0.2) is 17.2 Å². The summed E-state index contributed by atoms with van der Waals surface area (Å²) in [5.41, 5.74) is 2.45. The van der Waals surface area contributed by atoms with Gasteiger partial charge in [-0.05, 0) is 11.1 Å². The van der Waals surface area contributed by atoms with E-state index >= 15 is 0 Å². The number of esters is 1. The van der Waals surface area contributed by atoms with E-state index in [0.717, 1.165) is 11.1 Å². The van der Waals surface area contributed by atoms with E-state index in [-0.39, 0.29) is 5.76 Å². The third kappa shape index (κ3) is 2.30. The molecule has 0 spiro atoms. The van der Waals surface area contributed by atoms with Gasteiger partial charge in [-0.2, -0.15) is 0 Å². The van der Waals surface area contributed by atoms with Gasteiger partial charge >= 0.3 is 5.97 Å². The Morgan fingerprint density at radius 1 is 0.950 bits per heavy atom. The second-order valence-electron chi connectivity index (χ2n) is 4.71. The smallest absolute Gasteiger partial charge is 0.374 e. The van der Waals surface area contributed by atoms with Crippen LogP contribution in [0.15, 0.2) is 66.4 Å². The van der Waals surface area contributed by atoms with E-state index in [4.69, 9.17) is 4.74 Å². The Morgan fingerprint density at radius 3 is 2.20 bits per heavy atom. The number of carbonyl (C=O) groups is 1. The minimum atomic E-state index is -0.648. The highest BCUT2D eigenvalue weighted by atomic mass is 16.6. The van der Waals surface area contributed by atoms with Crippen molar-refractivity contribution in [3.8, 4) is 0 Å². The van der Waals surface area contributed by atoms with Crippen LogP contribution in [0.3, 0.4) is 0 Å². The molecule has 3 nitrogen and oxygen atoms in total. The summed E-state index contributed by atoms with van der Waals surface area (Å²) in [5, 5.41) is 9.96. The highest BCUT2D eigenvalue weighted by Crippen LogP contribution is 2.32. The zero-order valence-corrected chi connectivity index (χ0v) is 10.8. The number of hydrogen-bond donors (Lipinski definition) is 1. The molecule has 1 heterocycles. The maximum Gasteiger partial charge on any atom is 0.374 e. The lowest BCUT2D eigenvalue weighted by Gasteiger charge is -2.14. The zero-order chi connectivity index (χ0) is 13.9. The first kappa shape index (κ1) is 12.5. The minimum Gasteiger partial charge on any atom is -0.502 e. The van der Waals surface area contributed by atoms with E-state index in [1.807, 2.05) is 60.7 Å². The SMILES string of the molecule is O=C1OC(Cc2ccccc2)C(c2ccccc2)=C1O. The molecule has 0 aromatic heterocycles. The van der Waals surface area contributed by atoms with Crippen LogP contribution in [-0.2, 0) is 16.0 Å². The highest BCUT2D eigenvalue weighted by molar-refractivity contribution is 6.00. The van der Waals surface area contributed by atoms with Gasteiger partial charge in [-0.3, -0.25) is 0 Å². The molecule has 1 unspecified atom stereocenters. The van der Waals surface area contributed by atoms with Crippen LogP contribution >= 0.6 is 0 Å². The molecule has 2 aromatic rings. The van der Waals surface area contributed by atoms with Gasteiger partial charge in [-0.1, -0.05) is 60.7 Å². The number of aliphatic hydroxyl groups is 1. The fraction of sp³-hybridized carbons (Fsp3) is 0.118. The summed E-state index contributed by atoms with van der Waals surface area (Å²) in [4.78, 5) is 11.6. The number of aliphatic hydroxyl groups excluding tert-OH is 1. The third-order valence-corrected chi connectivity index (χ3v) is 3.37. The number of cyclic esters (lactones) is 1. The largest absolute Gasteiger partial charge is 0.502 e.